The Morgan fingerprint density at radius 2 is 1.90 bits per heavy atom. The van der Waals surface area contributed by atoms with Crippen molar-refractivity contribution in [2.75, 3.05) is 11.1 Å². The third-order valence-corrected chi connectivity index (χ3v) is 6.19. The molecule has 0 aliphatic rings. The lowest BCUT2D eigenvalue weighted by atomic mass is 10.1. The second kappa shape index (κ2) is 8.09. The van der Waals surface area contributed by atoms with Crippen molar-refractivity contribution < 1.29 is 9.21 Å². The van der Waals surface area contributed by atoms with Gasteiger partial charge in [0, 0.05) is 28.5 Å². The Kier molecular flexibility index (Phi) is 5.13. The summed E-state index contributed by atoms with van der Waals surface area (Å²) >= 11 is 7.37. The fourth-order valence-electron chi connectivity index (χ4n) is 3.43. The first kappa shape index (κ1) is 19.7. The van der Waals surface area contributed by atoms with Gasteiger partial charge in [-0.15, -0.1) is 10.2 Å². The van der Waals surface area contributed by atoms with E-state index in [0.29, 0.717) is 21.8 Å². The van der Waals surface area contributed by atoms with E-state index in [0.717, 1.165) is 27.4 Å². The number of halogens is 1. The monoisotopic (exact) mass is 448 g/mol. The number of amides is 1. The van der Waals surface area contributed by atoms with Gasteiger partial charge in [-0.05, 0) is 35.7 Å². The van der Waals surface area contributed by atoms with Gasteiger partial charge in [0.1, 0.15) is 5.58 Å². The minimum Gasteiger partial charge on any atom is -0.453 e. The highest BCUT2D eigenvalue weighted by Gasteiger charge is 2.17. The Bertz CT molecular complexity index is 1420. The predicted molar refractivity (Wildman–Crippen MR) is 125 cm³/mol. The highest BCUT2D eigenvalue weighted by atomic mass is 35.5. The average molecular weight is 449 g/mol. The molecule has 0 radical (unpaired) electrons. The summed E-state index contributed by atoms with van der Waals surface area (Å²) in [5.74, 6) is 1.29. The normalized spacial score (nSPS) is 11.3. The number of hydrogen-bond donors (Lipinski definition) is 1. The molecule has 2 aromatic heterocycles. The Labute approximate surface area is 187 Å². The fourth-order valence-corrected chi connectivity index (χ4v) is 4.32. The molecular formula is C23H17ClN4O2S. The lowest BCUT2D eigenvalue weighted by molar-refractivity contribution is -0.113. The lowest BCUT2D eigenvalue weighted by Crippen LogP contribution is -2.14. The number of carbonyl (C=O) groups is 1. The molecule has 8 heteroatoms. The van der Waals surface area contributed by atoms with Crippen LogP contribution < -0.4 is 5.32 Å². The molecule has 6 nitrogen and oxygen atoms in total. The fraction of sp³-hybridized carbons (Fsp3) is 0.0870. The van der Waals surface area contributed by atoms with Gasteiger partial charge in [0.25, 0.3) is 0 Å². The molecule has 1 N–H and O–H groups in total. The molecule has 2 heterocycles. The summed E-state index contributed by atoms with van der Waals surface area (Å²) in [5.41, 5.74) is 1.52. The Morgan fingerprint density at radius 1 is 1.06 bits per heavy atom. The van der Waals surface area contributed by atoms with Crippen molar-refractivity contribution in [3.05, 3.63) is 71.8 Å². The van der Waals surface area contributed by atoms with Crippen LogP contribution in [0.2, 0.25) is 5.02 Å². The van der Waals surface area contributed by atoms with Gasteiger partial charge in [0.15, 0.2) is 16.7 Å². The summed E-state index contributed by atoms with van der Waals surface area (Å²) in [6.45, 7) is 0. The largest absolute Gasteiger partial charge is 0.453 e. The zero-order valence-electron chi connectivity index (χ0n) is 16.5. The predicted octanol–water partition coefficient (Wildman–Crippen LogP) is 5.77. The van der Waals surface area contributed by atoms with Crippen LogP contribution >= 0.6 is 23.4 Å². The third-order valence-electron chi connectivity index (χ3n) is 4.93. The van der Waals surface area contributed by atoms with Crippen molar-refractivity contribution >= 4 is 56.7 Å². The summed E-state index contributed by atoms with van der Waals surface area (Å²) in [4.78, 5) is 12.5. The van der Waals surface area contributed by atoms with E-state index in [4.69, 9.17) is 16.0 Å². The summed E-state index contributed by atoms with van der Waals surface area (Å²) in [5, 5.41) is 15.7. The maximum absolute atomic E-state index is 12.5. The van der Waals surface area contributed by atoms with E-state index in [-0.39, 0.29) is 11.7 Å². The number of furan rings is 1. The molecule has 0 unspecified atom stereocenters. The lowest BCUT2D eigenvalue weighted by Gasteiger charge is -2.08. The van der Waals surface area contributed by atoms with Gasteiger partial charge in [0.05, 0.1) is 5.75 Å². The second-order valence-electron chi connectivity index (χ2n) is 7.02. The first-order valence-corrected chi connectivity index (χ1v) is 10.9. The smallest absolute Gasteiger partial charge is 0.234 e. The molecule has 0 saturated heterocycles. The van der Waals surface area contributed by atoms with Crippen LogP contribution in [-0.2, 0) is 11.8 Å². The van der Waals surface area contributed by atoms with E-state index in [1.54, 1.807) is 6.07 Å². The zero-order valence-corrected chi connectivity index (χ0v) is 18.1. The summed E-state index contributed by atoms with van der Waals surface area (Å²) in [6.07, 6.45) is 0. The number of carbonyl (C=O) groups excluding carboxylic acids is 1. The molecule has 0 spiro atoms. The van der Waals surface area contributed by atoms with Crippen LogP contribution in [0.15, 0.2) is 76.3 Å². The average Bonchev–Trinajstić information content (AvgIpc) is 3.35. The number of thioether (sulfide) groups is 1. The van der Waals surface area contributed by atoms with Crippen LogP contribution in [0.1, 0.15) is 0 Å². The molecule has 5 aromatic rings. The molecule has 0 bridgehead atoms. The topological polar surface area (TPSA) is 73.0 Å². The zero-order chi connectivity index (χ0) is 21.4. The van der Waals surface area contributed by atoms with Crippen LogP contribution in [0.5, 0.6) is 0 Å². The molecule has 0 fully saturated rings. The van der Waals surface area contributed by atoms with Gasteiger partial charge in [-0.25, -0.2) is 0 Å². The van der Waals surface area contributed by atoms with Gasteiger partial charge in [-0.2, -0.15) is 0 Å². The van der Waals surface area contributed by atoms with Crippen LogP contribution in [0, 0.1) is 0 Å². The van der Waals surface area contributed by atoms with Crippen LogP contribution in [0.4, 0.5) is 5.69 Å². The molecule has 0 atom stereocenters. The first-order valence-electron chi connectivity index (χ1n) is 9.58. The van der Waals surface area contributed by atoms with E-state index in [1.807, 2.05) is 72.3 Å². The molecule has 0 aliphatic heterocycles. The van der Waals surface area contributed by atoms with Crippen molar-refractivity contribution in [3.63, 3.8) is 0 Å². The van der Waals surface area contributed by atoms with Crippen molar-refractivity contribution in [1.29, 1.82) is 0 Å². The maximum Gasteiger partial charge on any atom is 0.234 e. The third kappa shape index (κ3) is 3.89. The Morgan fingerprint density at radius 3 is 2.81 bits per heavy atom. The SMILES string of the molecule is Cn1c(SCC(=O)Nc2cccc3ccccc23)nnc1-c1cc2cc(Cl)ccc2o1. The summed E-state index contributed by atoms with van der Waals surface area (Å²) in [7, 11) is 1.85. The number of aromatic nitrogens is 3. The standard InChI is InChI=1S/C23H17ClN4O2S/c1-28-22(20-12-15-11-16(24)9-10-19(15)30-20)26-27-23(28)31-13-21(29)25-18-8-4-6-14-5-2-3-7-17(14)18/h2-12H,13H2,1H3,(H,25,29). The summed E-state index contributed by atoms with van der Waals surface area (Å²) < 4.78 is 7.69. The molecule has 5 rings (SSSR count). The van der Waals surface area contributed by atoms with Crippen molar-refractivity contribution in [2.45, 2.75) is 5.16 Å². The summed E-state index contributed by atoms with van der Waals surface area (Å²) in [6, 6.07) is 21.1. The number of anilines is 1. The van der Waals surface area contributed by atoms with Crippen LogP contribution in [-0.4, -0.2) is 26.4 Å². The molecule has 0 saturated carbocycles. The van der Waals surface area contributed by atoms with Gasteiger partial charge in [0.2, 0.25) is 5.91 Å². The first-order chi connectivity index (χ1) is 15.1. The number of rotatable bonds is 5. The van der Waals surface area contributed by atoms with Crippen molar-refractivity contribution in [1.82, 2.24) is 14.8 Å². The molecular weight excluding hydrogens is 432 g/mol. The van der Waals surface area contributed by atoms with E-state index in [2.05, 4.69) is 15.5 Å². The minimum atomic E-state index is -0.107. The van der Waals surface area contributed by atoms with E-state index in [9.17, 15) is 4.79 Å². The van der Waals surface area contributed by atoms with E-state index in [1.165, 1.54) is 11.8 Å². The van der Waals surface area contributed by atoms with Gasteiger partial charge in [-0.1, -0.05) is 59.8 Å². The Balaban J connectivity index is 1.30. The number of nitrogens with zero attached hydrogens (tertiary/aromatic N) is 3. The quantitative estimate of drug-likeness (QED) is 0.346. The highest BCUT2D eigenvalue weighted by Crippen LogP contribution is 2.30. The molecule has 3 aromatic carbocycles. The minimum absolute atomic E-state index is 0.107. The van der Waals surface area contributed by atoms with Crippen molar-refractivity contribution in [3.8, 4) is 11.6 Å². The highest BCUT2D eigenvalue weighted by molar-refractivity contribution is 7.99. The number of benzene rings is 3. The van der Waals surface area contributed by atoms with Crippen molar-refractivity contribution in [2.24, 2.45) is 7.05 Å². The molecule has 1 amide bonds. The van der Waals surface area contributed by atoms with Crippen LogP contribution in [0.3, 0.4) is 0 Å². The molecule has 0 aliphatic carbocycles. The number of nitrogens with one attached hydrogen (secondary N) is 1. The van der Waals surface area contributed by atoms with E-state index < -0.39 is 0 Å². The number of hydrogen-bond acceptors (Lipinski definition) is 5. The molecule has 154 valence electrons. The molecule has 31 heavy (non-hydrogen) atoms. The van der Waals surface area contributed by atoms with Gasteiger partial charge in [-0.3, -0.25) is 4.79 Å². The maximum atomic E-state index is 12.5. The second-order valence-corrected chi connectivity index (χ2v) is 8.40. The van der Waals surface area contributed by atoms with E-state index >= 15 is 0 Å². The van der Waals surface area contributed by atoms with Gasteiger partial charge >= 0.3 is 0 Å². The number of fused-ring (bicyclic) bond motifs is 2. The van der Waals surface area contributed by atoms with Gasteiger partial charge < -0.3 is 14.3 Å². The van der Waals surface area contributed by atoms with Crippen LogP contribution in [0.25, 0.3) is 33.3 Å². The Hall–Kier alpha value is -3.29.